The number of carbonyl (C=O) groups is 1. The Morgan fingerprint density at radius 3 is 2.63 bits per heavy atom. The van der Waals surface area contributed by atoms with Gasteiger partial charge in [-0.05, 0) is 49.2 Å². The molecule has 27 heavy (non-hydrogen) atoms. The van der Waals surface area contributed by atoms with Crippen molar-refractivity contribution in [1.29, 1.82) is 0 Å². The molecule has 0 saturated carbocycles. The van der Waals surface area contributed by atoms with Crippen molar-refractivity contribution in [2.75, 3.05) is 38.7 Å². The van der Waals surface area contributed by atoms with Gasteiger partial charge in [0.2, 0.25) is 0 Å². The monoisotopic (exact) mass is 371 g/mol. The second-order valence-electron chi connectivity index (χ2n) is 6.45. The molecule has 1 aliphatic rings. The Morgan fingerprint density at radius 2 is 1.93 bits per heavy atom. The Balaban J connectivity index is 1.47. The molecule has 1 fully saturated rings. The Hall–Kier alpha value is -2.80. The summed E-state index contributed by atoms with van der Waals surface area (Å²) >= 11 is 0. The number of aliphatic hydroxyl groups is 1. The second kappa shape index (κ2) is 9.23. The number of benzene rings is 1. The number of pyridine rings is 1. The highest BCUT2D eigenvalue weighted by atomic mass is 16.5. The molecule has 1 amide bonds. The summed E-state index contributed by atoms with van der Waals surface area (Å²) in [6, 6.07) is 10.6. The van der Waals surface area contributed by atoms with Crippen LogP contribution in [-0.4, -0.2) is 60.4 Å². The number of amides is 1. The van der Waals surface area contributed by atoms with E-state index in [0.29, 0.717) is 17.1 Å². The van der Waals surface area contributed by atoms with E-state index < -0.39 is 6.10 Å². The Labute approximate surface area is 158 Å². The van der Waals surface area contributed by atoms with Crippen LogP contribution in [-0.2, 0) is 0 Å². The third-order valence-corrected chi connectivity index (χ3v) is 4.42. The molecule has 1 aromatic carbocycles. The lowest BCUT2D eigenvalue weighted by Crippen LogP contribution is -2.28. The lowest BCUT2D eigenvalue weighted by molar-refractivity contribution is 0.0792. The lowest BCUT2D eigenvalue weighted by atomic mass is 10.2. The number of ether oxygens (including phenoxy) is 2. The average Bonchev–Trinajstić information content (AvgIpc) is 3.25. The maximum atomic E-state index is 12.4. The fourth-order valence-corrected chi connectivity index (χ4v) is 2.91. The number of carbonyl (C=O) groups excluding carboxylic acids is 1. The van der Waals surface area contributed by atoms with Gasteiger partial charge in [0.1, 0.15) is 30.0 Å². The van der Waals surface area contributed by atoms with Gasteiger partial charge in [-0.15, -0.1) is 0 Å². The minimum Gasteiger partial charge on any atom is -0.497 e. The van der Waals surface area contributed by atoms with Crippen molar-refractivity contribution in [1.82, 2.24) is 9.88 Å². The summed E-state index contributed by atoms with van der Waals surface area (Å²) < 4.78 is 10.7. The minimum atomic E-state index is -0.716. The fourth-order valence-electron chi connectivity index (χ4n) is 2.91. The predicted molar refractivity (Wildman–Crippen MR) is 102 cm³/mol. The molecule has 1 atom stereocenters. The van der Waals surface area contributed by atoms with E-state index in [1.165, 1.54) is 0 Å². The molecule has 7 nitrogen and oxygen atoms in total. The van der Waals surface area contributed by atoms with Crippen molar-refractivity contribution < 1.29 is 19.4 Å². The summed E-state index contributed by atoms with van der Waals surface area (Å²) in [5.74, 6) is 2.00. The summed E-state index contributed by atoms with van der Waals surface area (Å²) in [5, 5.41) is 13.2. The van der Waals surface area contributed by atoms with Gasteiger partial charge in [-0.3, -0.25) is 4.79 Å². The lowest BCUT2D eigenvalue weighted by Gasteiger charge is -2.16. The SMILES string of the molecule is COc1ccc(OCC(O)CNc2cc(C(=O)N3CCCC3)ccn2)cc1. The molecular weight excluding hydrogens is 346 g/mol. The van der Waals surface area contributed by atoms with Crippen molar-refractivity contribution in [3.63, 3.8) is 0 Å². The van der Waals surface area contributed by atoms with Crippen LogP contribution in [0.25, 0.3) is 0 Å². The maximum absolute atomic E-state index is 12.4. The normalized spacial score (nSPS) is 14.7. The highest BCUT2D eigenvalue weighted by molar-refractivity contribution is 5.95. The largest absolute Gasteiger partial charge is 0.497 e. The van der Waals surface area contributed by atoms with Gasteiger partial charge in [-0.25, -0.2) is 4.98 Å². The molecule has 0 radical (unpaired) electrons. The number of hydrogen-bond donors (Lipinski definition) is 2. The molecule has 0 bridgehead atoms. The van der Waals surface area contributed by atoms with Gasteiger partial charge in [0.05, 0.1) is 7.11 Å². The van der Waals surface area contributed by atoms with Gasteiger partial charge >= 0.3 is 0 Å². The first-order valence-electron chi connectivity index (χ1n) is 9.10. The zero-order valence-corrected chi connectivity index (χ0v) is 15.4. The molecule has 2 aromatic rings. The highest BCUT2D eigenvalue weighted by Crippen LogP contribution is 2.17. The summed E-state index contributed by atoms with van der Waals surface area (Å²) in [6.07, 6.45) is 3.00. The van der Waals surface area contributed by atoms with Crippen LogP contribution in [0.1, 0.15) is 23.2 Å². The zero-order chi connectivity index (χ0) is 19.1. The van der Waals surface area contributed by atoms with E-state index in [1.54, 1.807) is 49.7 Å². The Bertz CT molecular complexity index is 745. The number of aromatic nitrogens is 1. The van der Waals surface area contributed by atoms with Crippen molar-refractivity contribution in [2.45, 2.75) is 18.9 Å². The van der Waals surface area contributed by atoms with Crippen LogP contribution < -0.4 is 14.8 Å². The van der Waals surface area contributed by atoms with E-state index in [0.717, 1.165) is 31.7 Å². The molecule has 0 spiro atoms. The first-order valence-corrected chi connectivity index (χ1v) is 9.10. The Kier molecular flexibility index (Phi) is 6.49. The molecule has 7 heteroatoms. The summed E-state index contributed by atoms with van der Waals surface area (Å²) in [5.41, 5.74) is 0.610. The third-order valence-electron chi connectivity index (χ3n) is 4.42. The number of hydrogen-bond acceptors (Lipinski definition) is 6. The first kappa shape index (κ1) is 19.0. The van der Waals surface area contributed by atoms with Crippen molar-refractivity contribution in [2.24, 2.45) is 0 Å². The summed E-state index contributed by atoms with van der Waals surface area (Å²) in [4.78, 5) is 18.5. The van der Waals surface area contributed by atoms with E-state index in [1.807, 2.05) is 4.90 Å². The quantitative estimate of drug-likeness (QED) is 0.740. The Morgan fingerprint density at radius 1 is 1.22 bits per heavy atom. The molecule has 0 aliphatic carbocycles. The van der Waals surface area contributed by atoms with Crippen LogP contribution in [0.5, 0.6) is 11.5 Å². The number of anilines is 1. The predicted octanol–water partition coefficient (Wildman–Crippen LogP) is 2.18. The number of methoxy groups -OCH3 is 1. The molecule has 1 aliphatic heterocycles. The number of aliphatic hydroxyl groups excluding tert-OH is 1. The third kappa shape index (κ3) is 5.34. The van der Waals surface area contributed by atoms with E-state index in [4.69, 9.17) is 9.47 Å². The summed E-state index contributed by atoms with van der Waals surface area (Å²) in [7, 11) is 1.60. The van der Waals surface area contributed by atoms with Crippen LogP contribution in [0.15, 0.2) is 42.6 Å². The van der Waals surface area contributed by atoms with Gasteiger partial charge in [0.15, 0.2) is 0 Å². The number of likely N-dealkylation sites (tertiary alicyclic amines) is 1. The summed E-state index contributed by atoms with van der Waals surface area (Å²) in [6.45, 7) is 2.03. The molecule has 2 heterocycles. The van der Waals surface area contributed by atoms with Gasteiger partial charge in [0.25, 0.3) is 5.91 Å². The van der Waals surface area contributed by atoms with E-state index >= 15 is 0 Å². The number of nitrogens with one attached hydrogen (secondary N) is 1. The van der Waals surface area contributed by atoms with E-state index in [9.17, 15) is 9.90 Å². The van der Waals surface area contributed by atoms with Crippen molar-refractivity contribution in [3.8, 4) is 11.5 Å². The van der Waals surface area contributed by atoms with Crippen LogP contribution in [0, 0.1) is 0 Å². The molecule has 3 rings (SSSR count). The molecule has 1 aromatic heterocycles. The van der Waals surface area contributed by atoms with Crippen molar-refractivity contribution in [3.05, 3.63) is 48.2 Å². The number of rotatable bonds is 8. The van der Waals surface area contributed by atoms with E-state index in [-0.39, 0.29) is 19.1 Å². The molecule has 2 N–H and O–H groups in total. The molecular formula is C20H25N3O4. The van der Waals surface area contributed by atoms with Crippen LogP contribution >= 0.6 is 0 Å². The van der Waals surface area contributed by atoms with Gasteiger partial charge in [-0.1, -0.05) is 0 Å². The van der Waals surface area contributed by atoms with Gasteiger partial charge in [0, 0.05) is 31.4 Å². The zero-order valence-electron chi connectivity index (χ0n) is 15.4. The van der Waals surface area contributed by atoms with E-state index in [2.05, 4.69) is 10.3 Å². The minimum absolute atomic E-state index is 0.0290. The standard InChI is InChI=1S/C20H25N3O4/c1-26-17-4-6-18(7-5-17)27-14-16(24)13-22-19-12-15(8-9-21-19)20(25)23-10-2-3-11-23/h4-9,12,16,24H,2-3,10-11,13-14H2,1H3,(H,21,22). The second-order valence-corrected chi connectivity index (χ2v) is 6.45. The molecule has 1 unspecified atom stereocenters. The maximum Gasteiger partial charge on any atom is 0.254 e. The first-order chi connectivity index (χ1) is 13.2. The molecule has 1 saturated heterocycles. The fraction of sp³-hybridized carbons (Fsp3) is 0.400. The van der Waals surface area contributed by atoms with Gasteiger partial charge < -0.3 is 24.8 Å². The number of nitrogens with zero attached hydrogens (tertiary/aromatic N) is 2. The molecule has 144 valence electrons. The highest BCUT2D eigenvalue weighted by Gasteiger charge is 2.19. The van der Waals surface area contributed by atoms with Crippen molar-refractivity contribution >= 4 is 11.7 Å². The topological polar surface area (TPSA) is 83.9 Å². The van der Waals surface area contributed by atoms with Gasteiger partial charge in [-0.2, -0.15) is 0 Å². The van der Waals surface area contributed by atoms with Crippen LogP contribution in [0.2, 0.25) is 0 Å². The smallest absolute Gasteiger partial charge is 0.254 e. The van der Waals surface area contributed by atoms with Crippen LogP contribution in [0.3, 0.4) is 0 Å². The van der Waals surface area contributed by atoms with Crippen LogP contribution in [0.4, 0.5) is 5.82 Å². The average molecular weight is 371 g/mol.